The fraction of sp³-hybridized carbons (Fsp3) is 0.455. The Balaban J connectivity index is 2.08. The van der Waals surface area contributed by atoms with Gasteiger partial charge in [0.15, 0.2) is 0 Å². The van der Waals surface area contributed by atoms with Crippen LogP contribution < -0.4 is 5.32 Å². The first-order chi connectivity index (χ1) is 7.27. The highest BCUT2D eigenvalue weighted by atomic mass is 16.2. The van der Waals surface area contributed by atoms with Crippen molar-refractivity contribution in [2.45, 2.75) is 13.0 Å². The average molecular weight is 205 g/mol. The van der Waals surface area contributed by atoms with Gasteiger partial charge in [0.05, 0.1) is 6.04 Å². The molecule has 0 radical (unpaired) electrons. The number of carbonyl (C=O) groups excluding carboxylic acids is 1. The van der Waals surface area contributed by atoms with E-state index >= 15 is 0 Å². The van der Waals surface area contributed by atoms with Gasteiger partial charge in [0.1, 0.15) is 0 Å². The molecule has 1 aliphatic heterocycles. The lowest BCUT2D eigenvalue weighted by Gasteiger charge is -2.33. The number of aromatic nitrogens is 1. The molecule has 1 unspecified atom stereocenters. The molecule has 4 nitrogen and oxygen atoms in total. The SMILES string of the molecule is CC(=O)N1CCNC(c2ccncc2)C1. The Bertz CT molecular complexity index is 339. The number of hydrogen-bond acceptors (Lipinski definition) is 3. The molecule has 1 saturated heterocycles. The van der Waals surface area contributed by atoms with Crippen LogP contribution in [0.25, 0.3) is 0 Å². The minimum atomic E-state index is 0.149. The zero-order valence-electron chi connectivity index (χ0n) is 8.81. The van der Waals surface area contributed by atoms with Crippen LogP contribution in [-0.2, 0) is 4.79 Å². The maximum absolute atomic E-state index is 11.3. The predicted octanol–water partition coefficient (Wildman–Crippen LogP) is 0.574. The Kier molecular flexibility index (Phi) is 2.97. The van der Waals surface area contributed by atoms with Crippen molar-refractivity contribution in [2.24, 2.45) is 0 Å². The second-order valence-corrected chi connectivity index (χ2v) is 3.75. The molecule has 0 aliphatic carbocycles. The van der Waals surface area contributed by atoms with Gasteiger partial charge in [0.25, 0.3) is 0 Å². The molecule has 0 aromatic carbocycles. The number of carbonyl (C=O) groups is 1. The van der Waals surface area contributed by atoms with Crippen molar-refractivity contribution in [3.05, 3.63) is 30.1 Å². The van der Waals surface area contributed by atoms with E-state index in [0.717, 1.165) is 19.6 Å². The quantitative estimate of drug-likeness (QED) is 0.729. The number of nitrogens with one attached hydrogen (secondary N) is 1. The minimum absolute atomic E-state index is 0.149. The summed E-state index contributed by atoms with van der Waals surface area (Å²) >= 11 is 0. The normalized spacial score (nSPS) is 21.4. The molecule has 0 bridgehead atoms. The van der Waals surface area contributed by atoms with Gasteiger partial charge >= 0.3 is 0 Å². The van der Waals surface area contributed by atoms with Crippen LogP contribution in [0.5, 0.6) is 0 Å². The van der Waals surface area contributed by atoms with Crippen LogP contribution in [0, 0.1) is 0 Å². The highest BCUT2D eigenvalue weighted by Gasteiger charge is 2.21. The molecule has 1 aliphatic rings. The summed E-state index contributed by atoms with van der Waals surface area (Å²) in [6.07, 6.45) is 3.56. The Morgan fingerprint density at radius 3 is 2.93 bits per heavy atom. The van der Waals surface area contributed by atoms with Crippen LogP contribution in [0.1, 0.15) is 18.5 Å². The van der Waals surface area contributed by atoms with Crippen LogP contribution >= 0.6 is 0 Å². The number of pyridine rings is 1. The zero-order chi connectivity index (χ0) is 10.7. The molecule has 1 N–H and O–H groups in total. The molecule has 2 heterocycles. The van der Waals surface area contributed by atoms with E-state index in [1.165, 1.54) is 5.56 Å². The van der Waals surface area contributed by atoms with E-state index in [9.17, 15) is 4.79 Å². The van der Waals surface area contributed by atoms with Crippen molar-refractivity contribution in [1.82, 2.24) is 15.2 Å². The lowest BCUT2D eigenvalue weighted by Crippen LogP contribution is -2.47. The topological polar surface area (TPSA) is 45.2 Å². The standard InChI is InChI=1S/C11H15N3O/c1-9(15)14-7-6-13-11(8-14)10-2-4-12-5-3-10/h2-5,11,13H,6-8H2,1H3. The van der Waals surface area contributed by atoms with Crippen molar-refractivity contribution in [1.29, 1.82) is 0 Å². The van der Waals surface area contributed by atoms with E-state index in [1.54, 1.807) is 19.3 Å². The summed E-state index contributed by atoms with van der Waals surface area (Å²) in [5.41, 5.74) is 1.19. The highest BCUT2D eigenvalue weighted by Crippen LogP contribution is 2.15. The molecular formula is C11H15N3O. The Labute approximate surface area is 89.3 Å². The summed E-state index contributed by atoms with van der Waals surface area (Å²) in [6.45, 7) is 4.03. The van der Waals surface area contributed by atoms with E-state index in [1.807, 2.05) is 17.0 Å². The van der Waals surface area contributed by atoms with E-state index in [0.29, 0.717) is 0 Å². The zero-order valence-corrected chi connectivity index (χ0v) is 8.81. The second-order valence-electron chi connectivity index (χ2n) is 3.75. The summed E-state index contributed by atoms with van der Waals surface area (Å²) in [6, 6.07) is 4.22. The summed E-state index contributed by atoms with van der Waals surface area (Å²) in [4.78, 5) is 17.1. The monoisotopic (exact) mass is 205 g/mol. The van der Waals surface area contributed by atoms with Crippen LogP contribution in [0.2, 0.25) is 0 Å². The van der Waals surface area contributed by atoms with E-state index in [2.05, 4.69) is 10.3 Å². The van der Waals surface area contributed by atoms with Gasteiger partial charge in [-0.05, 0) is 17.7 Å². The summed E-state index contributed by atoms with van der Waals surface area (Å²) in [5.74, 6) is 0.149. The number of amides is 1. The lowest BCUT2D eigenvalue weighted by atomic mass is 10.1. The Morgan fingerprint density at radius 1 is 1.53 bits per heavy atom. The number of nitrogens with zero attached hydrogens (tertiary/aromatic N) is 2. The number of rotatable bonds is 1. The van der Waals surface area contributed by atoms with Gasteiger partial charge < -0.3 is 10.2 Å². The molecule has 1 aromatic heterocycles. The average Bonchev–Trinajstić information content (AvgIpc) is 2.30. The molecule has 80 valence electrons. The molecule has 1 atom stereocenters. The smallest absolute Gasteiger partial charge is 0.219 e. The van der Waals surface area contributed by atoms with Gasteiger partial charge in [-0.1, -0.05) is 0 Å². The maximum atomic E-state index is 11.3. The molecule has 1 aromatic rings. The fourth-order valence-electron chi connectivity index (χ4n) is 1.85. The number of piperazine rings is 1. The fourth-order valence-corrected chi connectivity index (χ4v) is 1.85. The van der Waals surface area contributed by atoms with Gasteiger partial charge in [0, 0.05) is 39.0 Å². The Hall–Kier alpha value is -1.42. The first-order valence-corrected chi connectivity index (χ1v) is 5.16. The molecule has 15 heavy (non-hydrogen) atoms. The van der Waals surface area contributed by atoms with Gasteiger partial charge in [-0.15, -0.1) is 0 Å². The van der Waals surface area contributed by atoms with E-state index in [4.69, 9.17) is 0 Å². The van der Waals surface area contributed by atoms with Gasteiger partial charge in [-0.2, -0.15) is 0 Å². The molecule has 0 saturated carbocycles. The van der Waals surface area contributed by atoms with E-state index in [-0.39, 0.29) is 11.9 Å². The first-order valence-electron chi connectivity index (χ1n) is 5.16. The van der Waals surface area contributed by atoms with Crippen molar-refractivity contribution >= 4 is 5.91 Å². The van der Waals surface area contributed by atoms with Gasteiger partial charge in [0.2, 0.25) is 5.91 Å². The van der Waals surface area contributed by atoms with Crippen LogP contribution in [-0.4, -0.2) is 35.4 Å². The summed E-state index contributed by atoms with van der Waals surface area (Å²) in [7, 11) is 0. The number of hydrogen-bond donors (Lipinski definition) is 1. The van der Waals surface area contributed by atoms with Crippen LogP contribution in [0.3, 0.4) is 0 Å². The molecular weight excluding hydrogens is 190 g/mol. The minimum Gasteiger partial charge on any atom is -0.340 e. The molecule has 0 spiro atoms. The van der Waals surface area contributed by atoms with Crippen molar-refractivity contribution in [2.75, 3.05) is 19.6 Å². The highest BCUT2D eigenvalue weighted by molar-refractivity contribution is 5.73. The first kappa shape index (κ1) is 10.1. The van der Waals surface area contributed by atoms with Crippen molar-refractivity contribution in [3.8, 4) is 0 Å². The molecule has 2 rings (SSSR count). The van der Waals surface area contributed by atoms with Crippen molar-refractivity contribution in [3.63, 3.8) is 0 Å². The molecule has 1 fully saturated rings. The van der Waals surface area contributed by atoms with Crippen molar-refractivity contribution < 1.29 is 4.79 Å². The van der Waals surface area contributed by atoms with Crippen LogP contribution in [0.4, 0.5) is 0 Å². The Morgan fingerprint density at radius 2 is 2.27 bits per heavy atom. The summed E-state index contributed by atoms with van der Waals surface area (Å²) < 4.78 is 0. The lowest BCUT2D eigenvalue weighted by molar-refractivity contribution is -0.130. The third-order valence-electron chi connectivity index (χ3n) is 2.73. The third kappa shape index (κ3) is 2.33. The van der Waals surface area contributed by atoms with Gasteiger partial charge in [-0.25, -0.2) is 0 Å². The predicted molar refractivity (Wildman–Crippen MR) is 57.2 cm³/mol. The molecule has 1 amide bonds. The third-order valence-corrected chi connectivity index (χ3v) is 2.73. The largest absolute Gasteiger partial charge is 0.340 e. The van der Waals surface area contributed by atoms with Gasteiger partial charge in [-0.3, -0.25) is 9.78 Å². The second kappa shape index (κ2) is 4.40. The maximum Gasteiger partial charge on any atom is 0.219 e. The molecule has 4 heteroatoms. The van der Waals surface area contributed by atoms with E-state index < -0.39 is 0 Å². The summed E-state index contributed by atoms with van der Waals surface area (Å²) in [5, 5.41) is 3.40. The van der Waals surface area contributed by atoms with Crippen LogP contribution in [0.15, 0.2) is 24.5 Å².